The van der Waals surface area contributed by atoms with E-state index in [2.05, 4.69) is 15.2 Å². The van der Waals surface area contributed by atoms with Crippen molar-refractivity contribution in [3.63, 3.8) is 0 Å². The summed E-state index contributed by atoms with van der Waals surface area (Å²) in [4.78, 5) is 4.63. The van der Waals surface area contributed by atoms with Gasteiger partial charge in [0.05, 0.1) is 20.2 Å². The van der Waals surface area contributed by atoms with Crippen LogP contribution in [0.3, 0.4) is 0 Å². The van der Waals surface area contributed by atoms with Crippen molar-refractivity contribution < 1.29 is 17.9 Å². The second kappa shape index (κ2) is 8.49. The van der Waals surface area contributed by atoms with Crippen LogP contribution in [0.4, 0.5) is 0 Å². The first-order valence-electron chi connectivity index (χ1n) is 10.2. The van der Waals surface area contributed by atoms with Crippen molar-refractivity contribution in [2.75, 3.05) is 13.2 Å². The van der Waals surface area contributed by atoms with Gasteiger partial charge in [0.2, 0.25) is 0 Å². The second-order valence-electron chi connectivity index (χ2n) is 7.67. The number of H-pyrrole nitrogens is 1. The predicted molar refractivity (Wildman–Crippen MR) is 128 cm³/mol. The molecule has 0 radical (unpaired) electrons. The Bertz CT molecular complexity index is 1390. The molecule has 8 nitrogen and oxygen atoms in total. The fraction of sp³-hybridized carbons (Fsp3) is 0.273. The normalized spacial score (nSPS) is 15.3. The Kier molecular flexibility index (Phi) is 5.68. The molecule has 10 heteroatoms. The van der Waals surface area contributed by atoms with Gasteiger partial charge in [-0.05, 0) is 66.1 Å². The SMILES string of the molecule is Cc1ccccc1S(=O)(=O)n1c(I)cc2c(Oc3c[nH]nc3C3CCOCC3)ccnc21. The van der Waals surface area contributed by atoms with Crippen LogP contribution in [0.1, 0.15) is 30.0 Å². The Morgan fingerprint density at radius 2 is 1.97 bits per heavy atom. The maximum atomic E-state index is 13.5. The number of fused-ring (bicyclic) bond motifs is 1. The van der Waals surface area contributed by atoms with Crippen LogP contribution >= 0.6 is 22.6 Å². The van der Waals surface area contributed by atoms with Crippen LogP contribution in [0, 0.1) is 10.6 Å². The molecule has 0 unspecified atom stereocenters. The lowest BCUT2D eigenvalue weighted by molar-refractivity contribution is 0.0841. The number of aromatic nitrogens is 4. The molecule has 0 bridgehead atoms. The van der Waals surface area contributed by atoms with Crippen molar-refractivity contribution in [1.82, 2.24) is 19.2 Å². The minimum atomic E-state index is -3.83. The van der Waals surface area contributed by atoms with E-state index in [1.165, 1.54) is 3.97 Å². The number of halogens is 1. The fourth-order valence-corrected chi connectivity index (χ4v) is 6.93. The van der Waals surface area contributed by atoms with Crippen molar-refractivity contribution in [3.8, 4) is 11.5 Å². The molecule has 0 aliphatic carbocycles. The number of nitrogens with zero attached hydrogens (tertiary/aromatic N) is 3. The highest BCUT2D eigenvalue weighted by Gasteiger charge is 2.27. The Morgan fingerprint density at radius 1 is 1.19 bits per heavy atom. The van der Waals surface area contributed by atoms with E-state index < -0.39 is 10.0 Å². The highest BCUT2D eigenvalue weighted by atomic mass is 127. The molecule has 1 aromatic carbocycles. The van der Waals surface area contributed by atoms with Crippen molar-refractivity contribution in [2.45, 2.75) is 30.6 Å². The van der Waals surface area contributed by atoms with Gasteiger partial charge in [-0.2, -0.15) is 5.10 Å². The first-order valence-corrected chi connectivity index (χ1v) is 12.7. The van der Waals surface area contributed by atoms with Crippen molar-refractivity contribution >= 4 is 43.6 Å². The van der Waals surface area contributed by atoms with Crippen molar-refractivity contribution in [1.29, 1.82) is 0 Å². The average Bonchev–Trinajstić information content (AvgIpc) is 3.39. The van der Waals surface area contributed by atoms with Gasteiger partial charge in [-0.3, -0.25) is 5.10 Å². The van der Waals surface area contributed by atoms with Crippen molar-refractivity contribution in [3.05, 3.63) is 63.7 Å². The van der Waals surface area contributed by atoms with Gasteiger partial charge in [-0.1, -0.05) is 18.2 Å². The Balaban J connectivity index is 1.57. The van der Waals surface area contributed by atoms with E-state index in [4.69, 9.17) is 9.47 Å². The molecule has 0 amide bonds. The molecule has 32 heavy (non-hydrogen) atoms. The number of hydrogen-bond acceptors (Lipinski definition) is 6. The molecular weight excluding hydrogens is 543 g/mol. The van der Waals surface area contributed by atoms with Gasteiger partial charge < -0.3 is 9.47 Å². The molecule has 3 aromatic heterocycles. The quantitative estimate of drug-likeness (QED) is 0.356. The van der Waals surface area contributed by atoms with Gasteiger partial charge in [-0.15, -0.1) is 0 Å². The Labute approximate surface area is 199 Å². The lowest BCUT2D eigenvalue weighted by Crippen LogP contribution is -2.16. The lowest BCUT2D eigenvalue weighted by Gasteiger charge is -2.21. The maximum absolute atomic E-state index is 13.5. The van der Waals surface area contributed by atoms with Crippen LogP contribution in [0.5, 0.6) is 11.5 Å². The highest BCUT2D eigenvalue weighted by Crippen LogP contribution is 2.38. The van der Waals surface area contributed by atoms with Gasteiger partial charge in [0.1, 0.15) is 11.4 Å². The fourth-order valence-electron chi connectivity index (χ4n) is 4.04. The van der Waals surface area contributed by atoms with E-state index in [0.717, 1.165) is 18.5 Å². The molecule has 166 valence electrons. The molecule has 5 rings (SSSR count). The number of rotatable bonds is 5. The molecule has 0 spiro atoms. The number of pyridine rings is 1. The van der Waals surface area contributed by atoms with Crippen LogP contribution in [0.2, 0.25) is 0 Å². The molecule has 4 aromatic rings. The summed E-state index contributed by atoms with van der Waals surface area (Å²) in [5.41, 5.74) is 1.86. The summed E-state index contributed by atoms with van der Waals surface area (Å²) in [5.74, 6) is 1.42. The molecule has 1 saturated heterocycles. The van der Waals surface area contributed by atoms with E-state index in [9.17, 15) is 8.42 Å². The Morgan fingerprint density at radius 3 is 2.75 bits per heavy atom. The van der Waals surface area contributed by atoms with Gasteiger partial charge in [-0.25, -0.2) is 17.4 Å². The third-order valence-corrected chi connectivity index (χ3v) is 8.64. The number of benzene rings is 1. The zero-order valence-corrected chi connectivity index (χ0v) is 20.3. The van der Waals surface area contributed by atoms with E-state index >= 15 is 0 Å². The van der Waals surface area contributed by atoms with E-state index in [1.54, 1.807) is 49.6 Å². The molecule has 0 saturated carbocycles. The number of ether oxygens (including phenoxy) is 2. The van der Waals surface area contributed by atoms with Crippen LogP contribution in [0.25, 0.3) is 11.0 Å². The van der Waals surface area contributed by atoms with Gasteiger partial charge in [0, 0.05) is 25.3 Å². The summed E-state index contributed by atoms with van der Waals surface area (Å²) in [6.07, 6.45) is 5.06. The minimum absolute atomic E-state index is 0.250. The largest absolute Gasteiger partial charge is 0.453 e. The third-order valence-electron chi connectivity index (χ3n) is 5.65. The summed E-state index contributed by atoms with van der Waals surface area (Å²) < 4.78 is 40.5. The van der Waals surface area contributed by atoms with Gasteiger partial charge in [0.15, 0.2) is 11.4 Å². The zero-order valence-electron chi connectivity index (χ0n) is 17.3. The number of aryl methyl sites for hydroxylation is 1. The van der Waals surface area contributed by atoms with Crippen molar-refractivity contribution in [2.24, 2.45) is 0 Å². The van der Waals surface area contributed by atoms with Gasteiger partial charge in [0.25, 0.3) is 10.0 Å². The molecule has 1 aliphatic heterocycles. The second-order valence-corrected chi connectivity index (χ2v) is 10.5. The number of aromatic amines is 1. The highest BCUT2D eigenvalue weighted by molar-refractivity contribution is 14.1. The average molecular weight is 564 g/mol. The summed E-state index contributed by atoms with van der Waals surface area (Å²) in [5, 5.41) is 7.92. The minimum Gasteiger partial charge on any atom is -0.453 e. The number of hydrogen-bond donors (Lipinski definition) is 1. The molecule has 4 heterocycles. The molecule has 0 atom stereocenters. The topological polar surface area (TPSA) is 99.1 Å². The Hall–Kier alpha value is -2.44. The van der Waals surface area contributed by atoms with Crippen LogP contribution in [-0.2, 0) is 14.8 Å². The smallest absolute Gasteiger partial charge is 0.270 e. The molecule has 1 aliphatic rings. The maximum Gasteiger partial charge on any atom is 0.270 e. The number of nitrogens with one attached hydrogen (secondary N) is 1. The third kappa shape index (κ3) is 3.69. The predicted octanol–water partition coefficient (Wildman–Crippen LogP) is 4.60. The van der Waals surface area contributed by atoms with Gasteiger partial charge >= 0.3 is 0 Å². The van der Waals surface area contributed by atoms with E-state index in [-0.39, 0.29) is 10.8 Å². The summed E-state index contributed by atoms with van der Waals surface area (Å²) in [7, 11) is -3.83. The lowest BCUT2D eigenvalue weighted by atomic mass is 9.96. The molecule has 1 fully saturated rings. The van der Waals surface area contributed by atoms with Crippen LogP contribution in [0.15, 0.2) is 53.7 Å². The molecule has 1 N–H and O–H groups in total. The summed E-state index contributed by atoms with van der Waals surface area (Å²) in [6, 6.07) is 10.4. The van der Waals surface area contributed by atoms with Crippen LogP contribution < -0.4 is 4.74 Å². The first-order chi connectivity index (χ1) is 15.5. The van der Waals surface area contributed by atoms with E-state index in [0.29, 0.717) is 45.0 Å². The first kappa shape index (κ1) is 21.4. The monoisotopic (exact) mass is 564 g/mol. The summed E-state index contributed by atoms with van der Waals surface area (Å²) in [6.45, 7) is 3.19. The zero-order chi connectivity index (χ0) is 22.3. The standard InChI is InChI=1S/C22H21IN4O4S/c1-14-4-2-3-5-19(14)32(28,29)27-20(23)12-16-17(6-9-24-22(16)27)31-18-13-25-26-21(18)15-7-10-30-11-8-15/h2-6,9,12-13,15H,7-8,10-11H2,1H3,(H,25,26). The molecular formula is C22H21IN4O4S. The van der Waals surface area contributed by atoms with Crippen LogP contribution in [-0.4, -0.2) is 40.8 Å². The summed E-state index contributed by atoms with van der Waals surface area (Å²) >= 11 is 2.02. The van der Waals surface area contributed by atoms with E-state index in [1.807, 2.05) is 28.7 Å².